The van der Waals surface area contributed by atoms with E-state index >= 15 is 0 Å². The number of ether oxygens (including phenoxy) is 1. The van der Waals surface area contributed by atoms with E-state index in [1.54, 1.807) is 7.11 Å². The summed E-state index contributed by atoms with van der Waals surface area (Å²) >= 11 is 0. The van der Waals surface area contributed by atoms with Crippen LogP contribution in [0.25, 0.3) is 0 Å². The van der Waals surface area contributed by atoms with Gasteiger partial charge in [-0.05, 0) is 51.9 Å². The first-order chi connectivity index (χ1) is 9.36. The Hall–Kier alpha value is -1.06. The van der Waals surface area contributed by atoms with Crippen LogP contribution in [-0.4, -0.2) is 36.7 Å². The topological polar surface area (TPSA) is 38.5 Å². The predicted octanol–water partition coefficient (Wildman–Crippen LogP) is 2.99. The number of nitrogens with zero attached hydrogens (tertiary/aromatic N) is 1. The van der Waals surface area contributed by atoms with Gasteiger partial charge in [-0.15, -0.1) is 0 Å². The van der Waals surface area contributed by atoms with Crippen LogP contribution in [0, 0.1) is 6.92 Å². The van der Waals surface area contributed by atoms with Gasteiger partial charge in [0.1, 0.15) is 5.75 Å². The lowest BCUT2D eigenvalue weighted by atomic mass is 9.87. The number of aryl methyl sites for hydroxylation is 1. The lowest BCUT2D eigenvalue weighted by Crippen LogP contribution is -2.56. The Bertz CT molecular complexity index is 425. The summed E-state index contributed by atoms with van der Waals surface area (Å²) in [6.07, 6.45) is 0.828. The highest BCUT2D eigenvalue weighted by Crippen LogP contribution is 2.25. The smallest absolute Gasteiger partial charge is 0.122 e. The second-order valence-corrected chi connectivity index (χ2v) is 5.95. The molecule has 1 aromatic rings. The van der Waals surface area contributed by atoms with Gasteiger partial charge in [-0.25, -0.2) is 0 Å². The molecule has 3 nitrogen and oxygen atoms in total. The van der Waals surface area contributed by atoms with Gasteiger partial charge in [0.05, 0.1) is 7.11 Å². The van der Waals surface area contributed by atoms with E-state index in [2.05, 4.69) is 51.7 Å². The molecule has 0 fully saturated rings. The molecule has 1 rings (SSSR count). The molecule has 114 valence electrons. The zero-order chi connectivity index (χ0) is 15.3. The van der Waals surface area contributed by atoms with Gasteiger partial charge < -0.3 is 10.5 Å². The maximum atomic E-state index is 6.51. The fourth-order valence-corrected chi connectivity index (χ4v) is 2.83. The third-order valence-corrected chi connectivity index (χ3v) is 4.36. The average Bonchev–Trinajstić information content (AvgIpc) is 2.40. The summed E-state index contributed by atoms with van der Waals surface area (Å²) in [6, 6.07) is 6.35. The number of nitrogens with two attached hydrogens (primary N) is 1. The summed E-state index contributed by atoms with van der Waals surface area (Å²) < 4.78 is 5.46. The number of hydrogen-bond donors (Lipinski definition) is 1. The Morgan fingerprint density at radius 2 is 1.85 bits per heavy atom. The van der Waals surface area contributed by atoms with Gasteiger partial charge >= 0.3 is 0 Å². The zero-order valence-corrected chi connectivity index (χ0v) is 13.9. The first-order valence-electron chi connectivity index (χ1n) is 7.50. The van der Waals surface area contributed by atoms with E-state index < -0.39 is 0 Å². The highest BCUT2D eigenvalue weighted by Gasteiger charge is 2.31. The van der Waals surface area contributed by atoms with Crippen molar-refractivity contribution < 1.29 is 4.74 Å². The van der Waals surface area contributed by atoms with E-state index in [0.717, 1.165) is 25.3 Å². The molecule has 1 unspecified atom stereocenters. The SMILES string of the molecule is CCN(CC)C(C)(C)C(N)Cc1cc(C)ccc1OC. The Kier molecular flexibility index (Phi) is 6.03. The first-order valence-corrected chi connectivity index (χ1v) is 7.50. The minimum absolute atomic E-state index is 0.0295. The number of hydrogen-bond acceptors (Lipinski definition) is 3. The van der Waals surface area contributed by atoms with Crippen molar-refractivity contribution in [2.45, 2.75) is 52.6 Å². The summed E-state index contributed by atoms with van der Waals surface area (Å²) in [6.45, 7) is 13.0. The molecule has 0 bridgehead atoms. The van der Waals surface area contributed by atoms with Gasteiger partial charge in [-0.2, -0.15) is 0 Å². The van der Waals surface area contributed by atoms with E-state index in [9.17, 15) is 0 Å². The van der Waals surface area contributed by atoms with Crippen LogP contribution >= 0.6 is 0 Å². The zero-order valence-electron chi connectivity index (χ0n) is 13.9. The molecule has 0 radical (unpaired) electrons. The van der Waals surface area contributed by atoms with E-state index in [0.29, 0.717) is 0 Å². The molecule has 1 atom stereocenters. The predicted molar refractivity (Wildman–Crippen MR) is 86.4 cm³/mol. The van der Waals surface area contributed by atoms with Crippen LogP contribution in [0.15, 0.2) is 18.2 Å². The third kappa shape index (κ3) is 3.74. The van der Waals surface area contributed by atoms with Crippen LogP contribution in [0.5, 0.6) is 5.75 Å². The quantitative estimate of drug-likeness (QED) is 0.833. The van der Waals surface area contributed by atoms with Gasteiger partial charge in [0.25, 0.3) is 0 Å². The molecule has 0 aromatic heterocycles. The molecular weight excluding hydrogens is 248 g/mol. The molecule has 0 aliphatic heterocycles. The van der Waals surface area contributed by atoms with Crippen LogP contribution in [0.1, 0.15) is 38.8 Å². The third-order valence-electron chi connectivity index (χ3n) is 4.36. The monoisotopic (exact) mass is 278 g/mol. The van der Waals surface area contributed by atoms with Crippen molar-refractivity contribution in [3.63, 3.8) is 0 Å². The Labute approximate surface area is 124 Å². The van der Waals surface area contributed by atoms with E-state index in [-0.39, 0.29) is 11.6 Å². The summed E-state index contributed by atoms with van der Waals surface area (Å²) in [5, 5.41) is 0. The van der Waals surface area contributed by atoms with Crippen LogP contribution in [0.2, 0.25) is 0 Å². The lowest BCUT2D eigenvalue weighted by molar-refractivity contribution is 0.106. The minimum Gasteiger partial charge on any atom is -0.496 e. The van der Waals surface area contributed by atoms with E-state index in [1.807, 2.05) is 6.07 Å². The highest BCUT2D eigenvalue weighted by molar-refractivity contribution is 5.37. The van der Waals surface area contributed by atoms with Crippen molar-refractivity contribution >= 4 is 0 Å². The molecule has 0 saturated heterocycles. The first kappa shape index (κ1) is 17.0. The van der Waals surface area contributed by atoms with Crippen molar-refractivity contribution in [2.75, 3.05) is 20.2 Å². The molecular formula is C17H30N2O. The lowest BCUT2D eigenvalue weighted by Gasteiger charge is -2.42. The van der Waals surface area contributed by atoms with Crippen molar-refractivity contribution in [2.24, 2.45) is 5.73 Å². The molecule has 2 N–H and O–H groups in total. The van der Waals surface area contributed by atoms with Crippen molar-refractivity contribution in [3.05, 3.63) is 29.3 Å². The molecule has 0 aliphatic rings. The van der Waals surface area contributed by atoms with Crippen molar-refractivity contribution in [1.82, 2.24) is 4.90 Å². The van der Waals surface area contributed by atoms with Crippen molar-refractivity contribution in [1.29, 1.82) is 0 Å². The molecule has 0 spiro atoms. The second kappa shape index (κ2) is 7.09. The van der Waals surface area contributed by atoms with Gasteiger partial charge in [0.15, 0.2) is 0 Å². The van der Waals surface area contributed by atoms with E-state index in [4.69, 9.17) is 10.5 Å². The number of benzene rings is 1. The molecule has 20 heavy (non-hydrogen) atoms. The number of methoxy groups -OCH3 is 1. The molecule has 3 heteroatoms. The second-order valence-electron chi connectivity index (χ2n) is 5.95. The standard InChI is InChI=1S/C17H30N2O/c1-7-19(8-2)17(4,5)16(18)12-14-11-13(3)9-10-15(14)20-6/h9-11,16H,7-8,12,18H2,1-6H3. The molecule has 1 aromatic carbocycles. The van der Waals surface area contributed by atoms with Gasteiger partial charge in [0, 0.05) is 11.6 Å². The fourth-order valence-electron chi connectivity index (χ4n) is 2.83. The van der Waals surface area contributed by atoms with Crippen molar-refractivity contribution in [3.8, 4) is 5.75 Å². The molecule has 0 aliphatic carbocycles. The average molecular weight is 278 g/mol. The van der Waals surface area contributed by atoms with Crippen LogP contribution < -0.4 is 10.5 Å². The Balaban J connectivity index is 2.94. The van der Waals surface area contributed by atoms with Crippen LogP contribution in [0.4, 0.5) is 0 Å². The summed E-state index contributed by atoms with van der Waals surface area (Å²) in [5.41, 5.74) is 8.92. The minimum atomic E-state index is -0.0295. The summed E-state index contributed by atoms with van der Waals surface area (Å²) in [7, 11) is 1.72. The van der Waals surface area contributed by atoms with Gasteiger partial charge in [-0.3, -0.25) is 4.90 Å². The fraction of sp³-hybridized carbons (Fsp3) is 0.647. The van der Waals surface area contributed by atoms with E-state index in [1.165, 1.54) is 11.1 Å². The number of likely N-dealkylation sites (N-methyl/N-ethyl adjacent to an activating group) is 1. The summed E-state index contributed by atoms with van der Waals surface area (Å²) in [4.78, 5) is 2.42. The molecule has 0 saturated carbocycles. The highest BCUT2D eigenvalue weighted by atomic mass is 16.5. The molecule has 0 amide bonds. The molecule has 0 heterocycles. The Morgan fingerprint density at radius 1 is 1.25 bits per heavy atom. The maximum absolute atomic E-state index is 6.51. The van der Waals surface area contributed by atoms with Crippen LogP contribution in [0.3, 0.4) is 0 Å². The number of rotatable bonds is 7. The normalized spacial score (nSPS) is 13.6. The maximum Gasteiger partial charge on any atom is 0.122 e. The Morgan fingerprint density at radius 3 is 2.35 bits per heavy atom. The largest absolute Gasteiger partial charge is 0.496 e. The van der Waals surface area contributed by atoms with Gasteiger partial charge in [0.2, 0.25) is 0 Å². The van der Waals surface area contributed by atoms with Crippen LogP contribution in [-0.2, 0) is 6.42 Å². The summed E-state index contributed by atoms with van der Waals surface area (Å²) in [5.74, 6) is 0.932. The van der Waals surface area contributed by atoms with Gasteiger partial charge in [-0.1, -0.05) is 31.5 Å².